The van der Waals surface area contributed by atoms with Gasteiger partial charge in [0.15, 0.2) is 0 Å². The molecule has 0 aromatic heterocycles. The van der Waals surface area contributed by atoms with Gasteiger partial charge in [0, 0.05) is 29.3 Å². The number of fused-ring (bicyclic) bond motifs is 1. The monoisotopic (exact) mass is 322 g/mol. The summed E-state index contributed by atoms with van der Waals surface area (Å²) in [7, 11) is 0. The molecule has 128 valence electrons. The van der Waals surface area contributed by atoms with Gasteiger partial charge in [-0.05, 0) is 67.0 Å². The molecule has 1 aromatic carbocycles. The minimum Gasteiger partial charge on any atom is -0.398 e. The second-order valence-electron chi connectivity index (χ2n) is 6.04. The first-order valence-electron chi connectivity index (χ1n) is 9.06. The Kier molecular flexibility index (Phi) is 6.08. The topological polar surface area (TPSA) is 29.3 Å². The van der Waals surface area contributed by atoms with E-state index in [0.29, 0.717) is 0 Å². The summed E-state index contributed by atoms with van der Waals surface area (Å²) in [4.78, 5) is 2.08. The quantitative estimate of drug-likeness (QED) is 0.710. The summed E-state index contributed by atoms with van der Waals surface area (Å²) in [6.45, 7) is 12.3. The van der Waals surface area contributed by atoms with Crippen molar-refractivity contribution in [1.82, 2.24) is 4.90 Å². The number of allylic oxidation sites excluding steroid dienone is 4. The van der Waals surface area contributed by atoms with Gasteiger partial charge in [0.25, 0.3) is 0 Å². The Morgan fingerprint density at radius 1 is 1.29 bits per heavy atom. The maximum Gasteiger partial charge on any atom is 0.0444 e. The van der Waals surface area contributed by atoms with Crippen molar-refractivity contribution in [3.05, 3.63) is 71.2 Å². The van der Waals surface area contributed by atoms with E-state index in [1.54, 1.807) is 0 Å². The highest BCUT2D eigenvalue weighted by Crippen LogP contribution is 2.36. The third-order valence-electron chi connectivity index (χ3n) is 4.79. The zero-order valence-electron chi connectivity index (χ0n) is 15.5. The highest BCUT2D eigenvalue weighted by molar-refractivity contribution is 5.85. The van der Waals surface area contributed by atoms with Crippen LogP contribution in [0.1, 0.15) is 57.2 Å². The number of nitrogen functional groups attached to an aromatic ring is 1. The number of benzene rings is 1. The molecule has 0 amide bonds. The second kappa shape index (κ2) is 8.05. The predicted octanol–water partition coefficient (Wildman–Crippen LogP) is 5.82. The molecule has 0 saturated heterocycles. The summed E-state index contributed by atoms with van der Waals surface area (Å²) >= 11 is 0. The maximum absolute atomic E-state index is 6.46. The van der Waals surface area contributed by atoms with Crippen LogP contribution in [0.5, 0.6) is 0 Å². The lowest BCUT2D eigenvalue weighted by atomic mass is 9.95. The van der Waals surface area contributed by atoms with Crippen LogP contribution in [0.2, 0.25) is 0 Å². The SMILES string of the molecule is C=CN1C=CC(c2ccc3c(c2N)CCC3)=CC1=C(C)CC.CC. The first kappa shape index (κ1) is 18.1. The highest BCUT2D eigenvalue weighted by atomic mass is 15.1. The molecule has 0 spiro atoms. The molecule has 1 aromatic rings. The van der Waals surface area contributed by atoms with Crippen LogP contribution in [0.25, 0.3) is 5.57 Å². The Bertz CT molecular complexity index is 705. The van der Waals surface area contributed by atoms with Crippen LogP contribution < -0.4 is 5.73 Å². The molecule has 0 bridgehead atoms. The molecule has 3 rings (SSSR count). The number of hydrogen-bond donors (Lipinski definition) is 1. The molecule has 2 N–H and O–H groups in total. The van der Waals surface area contributed by atoms with E-state index in [1.165, 1.54) is 40.8 Å². The molecule has 2 aliphatic rings. The molecule has 0 unspecified atom stereocenters. The lowest BCUT2D eigenvalue weighted by Gasteiger charge is -2.25. The highest BCUT2D eigenvalue weighted by Gasteiger charge is 2.19. The smallest absolute Gasteiger partial charge is 0.0444 e. The second-order valence-corrected chi connectivity index (χ2v) is 6.04. The van der Waals surface area contributed by atoms with Crippen LogP contribution in [0, 0.1) is 0 Å². The van der Waals surface area contributed by atoms with Gasteiger partial charge in [-0.1, -0.05) is 39.5 Å². The van der Waals surface area contributed by atoms with Crippen molar-refractivity contribution in [3.63, 3.8) is 0 Å². The van der Waals surface area contributed by atoms with E-state index in [2.05, 4.69) is 55.8 Å². The van der Waals surface area contributed by atoms with Crippen molar-refractivity contribution in [2.75, 3.05) is 5.73 Å². The number of aryl methyl sites for hydroxylation is 1. The molecule has 1 heterocycles. The molecule has 1 aliphatic heterocycles. The van der Waals surface area contributed by atoms with Crippen molar-refractivity contribution >= 4 is 11.3 Å². The number of rotatable bonds is 3. The van der Waals surface area contributed by atoms with Gasteiger partial charge >= 0.3 is 0 Å². The van der Waals surface area contributed by atoms with Crippen LogP contribution >= 0.6 is 0 Å². The number of nitrogens with two attached hydrogens (primary N) is 1. The van der Waals surface area contributed by atoms with Crippen LogP contribution in [0.3, 0.4) is 0 Å². The standard InChI is InChI=1S/C20H24N2.C2H6/c1-4-14(3)19-13-16(11-12-22(19)5-2)18-10-9-15-7-6-8-17(15)20(18)21;1-2/h5,9-13H,2,4,6-8,21H2,1,3H3;1-2H3. The average molecular weight is 322 g/mol. The molecule has 2 heteroatoms. The average Bonchev–Trinajstić information content (AvgIpc) is 3.12. The maximum atomic E-state index is 6.46. The van der Waals surface area contributed by atoms with Crippen LogP contribution in [-0.2, 0) is 12.8 Å². The summed E-state index contributed by atoms with van der Waals surface area (Å²) in [5.41, 5.74) is 15.1. The Morgan fingerprint density at radius 3 is 2.71 bits per heavy atom. The molecule has 24 heavy (non-hydrogen) atoms. The lowest BCUT2D eigenvalue weighted by Crippen LogP contribution is -2.13. The summed E-state index contributed by atoms with van der Waals surface area (Å²) in [5, 5.41) is 0. The number of nitrogens with zero attached hydrogens (tertiary/aromatic N) is 1. The minimum atomic E-state index is 0.964. The summed E-state index contributed by atoms with van der Waals surface area (Å²) in [5.74, 6) is 0. The van der Waals surface area contributed by atoms with Gasteiger partial charge in [-0.15, -0.1) is 0 Å². The first-order chi connectivity index (χ1) is 11.7. The number of hydrogen-bond acceptors (Lipinski definition) is 2. The van der Waals surface area contributed by atoms with Gasteiger partial charge in [-0.2, -0.15) is 0 Å². The van der Waals surface area contributed by atoms with Crippen LogP contribution in [-0.4, -0.2) is 4.90 Å². The third-order valence-corrected chi connectivity index (χ3v) is 4.79. The van der Waals surface area contributed by atoms with Gasteiger partial charge in [-0.25, -0.2) is 0 Å². The van der Waals surface area contributed by atoms with E-state index in [1.807, 2.05) is 20.0 Å². The minimum absolute atomic E-state index is 0.964. The Balaban J connectivity index is 0.00000100. The van der Waals surface area contributed by atoms with E-state index in [4.69, 9.17) is 5.73 Å². The van der Waals surface area contributed by atoms with Crippen LogP contribution in [0.4, 0.5) is 5.69 Å². The van der Waals surface area contributed by atoms with Gasteiger partial charge in [0.2, 0.25) is 0 Å². The molecule has 0 saturated carbocycles. The van der Waals surface area contributed by atoms with Gasteiger partial charge in [0.05, 0.1) is 0 Å². The van der Waals surface area contributed by atoms with Crippen molar-refractivity contribution in [2.45, 2.75) is 53.4 Å². The molecular formula is C22H30N2. The zero-order chi connectivity index (χ0) is 17.7. The lowest BCUT2D eigenvalue weighted by molar-refractivity contribution is 0.635. The normalized spacial score (nSPS) is 17.7. The summed E-state index contributed by atoms with van der Waals surface area (Å²) in [6, 6.07) is 4.43. The van der Waals surface area contributed by atoms with Gasteiger partial charge in [-0.3, -0.25) is 0 Å². The third kappa shape index (κ3) is 3.33. The fourth-order valence-corrected chi connectivity index (χ4v) is 3.31. The molecule has 0 fully saturated rings. The van der Waals surface area contributed by atoms with Gasteiger partial charge < -0.3 is 10.6 Å². The Morgan fingerprint density at radius 2 is 2.04 bits per heavy atom. The fourth-order valence-electron chi connectivity index (χ4n) is 3.31. The predicted molar refractivity (Wildman–Crippen MR) is 106 cm³/mol. The van der Waals surface area contributed by atoms with Gasteiger partial charge in [0.1, 0.15) is 0 Å². The van der Waals surface area contributed by atoms with E-state index in [-0.39, 0.29) is 0 Å². The van der Waals surface area contributed by atoms with E-state index in [9.17, 15) is 0 Å². The van der Waals surface area contributed by atoms with Crippen LogP contribution in [0.15, 0.2) is 54.5 Å². The first-order valence-corrected chi connectivity index (χ1v) is 9.06. The van der Waals surface area contributed by atoms with Crippen molar-refractivity contribution < 1.29 is 0 Å². The molecule has 2 nitrogen and oxygen atoms in total. The van der Waals surface area contributed by atoms with E-state index in [0.717, 1.165) is 24.1 Å². The number of anilines is 1. The van der Waals surface area contributed by atoms with Crippen molar-refractivity contribution in [2.24, 2.45) is 0 Å². The molecule has 1 aliphatic carbocycles. The fraction of sp³-hybridized carbons (Fsp3) is 0.364. The molecule has 0 atom stereocenters. The zero-order valence-corrected chi connectivity index (χ0v) is 15.5. The van der Waals surface area contributed by atoms with Crippen molar-refractivity contribution in [3.8, 4) is 0 Å². The Hall–Kier alpha value is -2.22. The Labute approximate surface area is 147 Å². The van der Waals surface area contributed by atoms with E-state index < -0.39 is 0 Å². The van der Waals surface area contributed by atoms with Crippen molar-refractivity contribution in [1.29, 1.82) is 0 Å². The molecular weight excluding hydrogens is 292 g/mol. The molecule has 0 radical (unpaired) electrons. The summed E-state index contributed by atoms with van der Waals surface area (Å²) < 4.78 is 0. The summed E-state index contributed by atoms with van der Waals surface area (Å²) in [6.07, 6.45) is 12.8. The largest absolute Gasteiger partial charge is 0.398 e. The van der Waals surface area contributed by atoms with E-state index >= 15 is 0 Å².